The van der Waals surface area contributed by atoms with E-state index in [-0.39, 0.29) is 6.04 Å². The van der Waals surface area contributed by atoms with E-state index in [0.717, 1.165) is 10.2 Å². The Morgan fingerprint density at radius 1 is 1.50 bits per heavy atom. The van der Waals surface area contributed by atoms with E-state index in [4.69, 9.17) is 10.5 Å². The van der Waals surface area contributed by atoms with E-state index >= 15 is 0 Å². The van der Waals surface area contributed by atoms with Gasteiger partial charge in [0.2, 0.25) is 0 Å². The van der Waals surface area contributed by atoms with Gasteiger partial charge in [-0.2, -0.15) is 5.10 Å². The molecular weight excluding hydrogens is 302 g/mol. The maximum atomic E-state index is 11.9. The number of thiophene rings is 1. The molecule has 0 aliphatic rings. The monoisotopic (exact) mass is 317 g/mol. The van der Waals surface area contributed by atoms with Crippen molar-refractivity contribution in [1.82, 2.24) is 19.7 Å². The molecule has 1 atom stereocenters. The summed E-state index contributed by atoms with van der Waals surface area (Å²) < 4.78 is 6.37. The summed E-state index contributed by atoms with van der Waals surface area (Å²) in [7, 11) is 1.34. The molecule has 2 N–H and O–H groups in total. The molecule has 0 bridgehead atoms. The van der Waals surface area contributed by atoms with Gasteiger partial charge in [0.1, 0.15) is 28.2 Å². The molecule has 0 radical (unpaired) electrons. The second-order valence-corrected chi connectivity index (χ2v) is 5.82. The first kappa shape index (κ1) is 14.6. The Morgan fingerprint density at radius 2 is 2.32 bits per heavy atom. The zero-order valence-electron chi connectivity index (χ0n) is 12.2. The zero-order chi connectivity index (χ0) is 15.7. The standard InChI is InChI=1S/C14H15N5O2S/c1-8(15)6-19-11(14(20)21-2)5-10(18-19)12-9-3-4-22-13(9)17-7-16-12/h3-5,7-8H,6,15H2,1-2H3/t8-/m0/s1. The number of esters is 1. The highest BCUT2D eigenvalue weighted by Gasteiger charge is 2.19. The largest absolute Gasteiger partial charge is 0.464 e. The molecule has 0 saturated heterocycles. The average molecular weight is 317 g/mol. The third-order valence-corrected chi connectivity index (χ3v) is 3.96. The topological polar surface area (TPSA) is 95.9 Å². The summed E-state index contributed by atoms with van der Waals surface area (Å²) in [5.41, 5.74) is 7.48. The molecule has 3 aromatic rings. The van der Waals surface area contributed by atoms with Crippen molar-refractivity contribution in [2.45, 2.75) is 19.5 Å². The maximum absolute atomic E-state index is 11.9. The molecule has 3 aromatic heterocycles. The van der Waals surface area contributed by atoms with Crippen LogP contribution in [0.3, 0.4) is 0 Å². The Labute approximate surface area is 130 Å². The average Bonchev–Trinajstić information content (AvgIpc) is 3.12. The molecule has 7 nitrogen and oxygen atoms in total. The number of rotatable bonds is 4. The lowest BCUT2D eigenvalue weighted by Crippen LogP contribution is -2.25. The second kappa shape index (κ2) is 5.82. The molecule has 114 valence electrons. The van der Waals surface area contributed by atoms with Gasteiger partial charge >= 0.3 is 5.97 Å². The van der Waals surface area contributed by atoms with Gasteiger partial charge in [0.05, 0.1) is 13.7 Å². The van der Waals surface area contributed by atoms with Crippen molar-refractivity contribution in [3.63, 3.8) is 0 Å². The highest BCUT2D eigenvalue weighted by Crippen LogP contribution is 2.28. The summed E-state index contributed by atoms with van der Waals surface area (Å²) in [4.78, 5) is 21.3. The first-order valence-corrected chi connectivity index (χ1v) is 7.58. The predicted molar refractivity (Wildman–Crippen MR) is 83.6 cm³/mol. The number of methoxy groups -OCH3 is 1. The molecule has 3 rings (SSSR count). The highest BCUT2D eigenvalue weighted by molar-refractivity contribution is 7.16. The van der Waals surface area contributed by atoms with Crippen molar-refractivity contribution in [1.29, 1.82) is 0 Å². The van der Waals surface area contributed by atoms with Crippen LogP contribution in [0.15, 0.2) is 23.8 Å². The molecule has 0 unspecified atom stereocenters. The van der Waals surface area contributed by atoms with E-state index < -0.39 is 5.97 Å². The van der Waals surface area contributed by atoms with E-state index in [1.807, 2.05) is 18.4 Å². The third-order valence-electron chi connectivity index (χ3n) is 3.14. The van der Waals surface area contributed by atoms with Gasteiger partial charge in [0.15, 0.2) is 0 Å². The molecule has 0 aliphatic heterocycles. The molecule has 0 saturated carbocycles. The third kappa shape index (κ3) is 2.58. The maximum Gasteiger partial charge on any atom is 0.356 e. The predicted octanol–water partition coefficient (Wildman–Crippen LogP) is 1.69. The van der Waals surface area contributed by atoms with Gasteiger partial charge in [0, 0.05) is 17.5 Å². The summed E-state index contributed by atoms with van der Waals surface area (Å²) >= 11 is 1.53. The van der Waals surface area contributed by atoms with Crippen molar-refractivity contribution >= 4 is 27.5 Å². The van der Waals surface area contributed by atoms with Crippen LogP contribution >= 0.6 is 11.3 Å². The lowest BCUT2D eigenvalue weighted by Gasteiger charge is -2.08. The van der Waals surface area contributed by atoms with E-state index in [1.165, 1.54) is 24.8 Å². The number of carbonyl (C=O) groups excluding carboxylic acids is 1. The van der Waals surface area contributed by atoms with Crippen molar-refractivity contribution in [2.24, 2.45) is 5.73 Å². The molecule has 0 fully saturated rings. The van der Waals surface area contributed by atoms with Crippen molar-refractivity contribution in [3.8, 4) is 11.4 Å². The summed E-state index contributed by atoms with van der Waals surface area (Å²) in [5.74, 6) is -0.449. The van der Waals surface area contributed by atoms with Gasteiger partial charge < -0.3 is 10.5 Å². The summed E-state index contributed by atoms with van der Waals surface area (Å²) in [6.45, 7) is 2.27. The fourth-order valence-corrected chi connectivity index (χ4v) is 2.94. The fourth-order valence-electron chi connectivity index (χ4n) is 2.21. The smallest absolute Gasteiger partial charge is 0.356 e. The van der Waals surface area contributed by atoms with E-state index in [0.29, 0.717) is 23.6 Å². The van der Waals surface area contributed by atoms with Gasteiger partial charge in [0.25, 0.3) is 0 Å². The first-order chi connectivity index (χ1) is 10.6. The van der Waals surface area contributed by atoms with Gasteiger partial charge in [-0.25, -0.2) is 14.8 Å². The van der Waals surface area contributed by atoms with Gasteiger partial charge in [-0.15, -0.1) is 11.3 Å². The molecule has 0 spiro atoms. The number of hydrogen-bond acceptors (Lipinski definition) is 7. The summed E-state index contributed by atoms with van der Waals surface area (Å²) in [5, 5.41) is 7.33. The number of nitrogens with two attached hydrogens (primary N) is 1. The van der Waals surface area contributed by atoms with Gasteiger partial charge in [-0.1, -0.05) is 0 Å². The quantitative estimate of drug-likeness (QED) is 0.736. The van der Waals surface area contributed by atoms with Crippen molar-refractivity contribution < 1.29 is 9.53 Å². The number of nitrogens with zero attached hydrogens (tertiary/aromatic N) is 4. The Kier molecular flexibility index (Phi) is 3.86. The number of carbonyl (C=O) groups is 1. The zero-order valence-corrected chi connectivity index (χ0v) is 13.0. The molecular formula is C14H15N5O2S. The Bertz CT molecular complexity index is 824. The minimum atomic E-state index is -0.449. The number of ether oxygens (including phenoxy) is 1. The Hall–Kier alpha value is -2.32. The number of aromatic nitrogens is 4. The molecule has 0 aliphatic carbocycles. The first-order valence-electron chi connectivity index (χ1n) is 6.70. The van der Waals surface area contributed by atoms with Crippen LogP contribution in [0, 0.1) is 0 Å². The Morgan fingerprint density at radius 3 is 3.05 bits per heavy atom. The van der Waals surface area contributed by atoms with E-state index in [1.54, 1.807) is 10.7 Å². The summed E-state index contributed by atoms with van der Waals surface area (Å²) in [6.07, 6.45) is 1.50. The second-order valence-electron chi connectivity index (χ2n) is 4.93. The van der Waals surface area contributed by atoms with Crippen molar-refractivity contribution in [3.05, 3.63) is 29.5 Å². The van der Waals surface area contributed by atoms with Crippen LogP contribution in [0.5, 0.6) is 0 Å². The Balaban J connectivity index is 2.13. The van der Waals surface area contributed by atoms with E-state index in [9.17, 15) is 4.79 Å². The lowest BCUT2D eigenvalue weighted by molar-refractivity contribution is 0.0586. The summed E-state index contributed by atoms with van der Waals surface area (Å²) in [6, 6.07) is 3.48. The van der Waals surface area contributed by atoms with Crippen LogP contribution in [0.4, 0.5) is 0 Å². The van der Waals surface area contributed by atoms with Gasteiger partial charge in [-0.3, -0.25) is 4.68 Å². The molecule has 22 heavy (non-hydrogen) atoms. The molecule has 3 heterocycles. The molecule has 0 aromatic carbocycles. The van der Waals surface area contributed by atoms with Crippen LogP contribution in [0.25, 0.3) is 21.6 Å². The minimum absolute atomic E-state index is 0.136. The van der Waals surface area contributed by atoms with Crippen LogP contribution in [0.2, 0.25) is 0 Å². The van der Waals surface area contributed by atoms with Crippen LogP contribution in [-0.2, 0) is 11.3 Å². The normalized spacial score (nSPS) is 12.5. The fraction of sp³-hybridized carbons (Fsp3) is 0.286. The lowest BCUT2D eigenvalue weighted by atomic mass is 10.2. The van der Waals surface area contributed by atoms with Gasteiger partial charge in [-0.05, 0) is 18.4 Å². The molecule has 8 heteroatoms. The highest BCUT2D eigenvalue weighted by atomic mass is 32.1. The number of hydrogen-bond donors (Lipinski definition) is 1. The molecule has 0 amide bonds. The van der Waals surface area contributed by atoms with Crippen LogP contribution in [0.1, 0.15) is 17.4 Å². The van der Waals surface area contributed by atoms with Crippen LogP contribution < -0.4 is 5.73 Å². The van der Waals surface area contributed by atoms with Crippen LogP contribution in [-0.4, -0.2) is 38.9 Å². The minimum Gasteiger partial charge on any atom is -0.464 e. The SMILES string of the molecule is COC(=O)c1cc(-c2ncnc3sccc23)nn1C[C@H](C)N. The van der Waals surface area contributed by atoms with Crippen molar-refractivity contribution in [2.75, 3.05) is 7.11 Å². The number of fused-ring (bicyclic) bond motifs is 1. The van der Waals surface area contributed by atoms with E-state index in [2.05, 4.69) is 15.1 Å².